The molecule has 0 atom stereocenters. The Labute approximate surface area is 246 Å². The number of carbonyl (C=O) groups excluding carboxylic acids is 6. The van der Waals surface area contributed by atoms with Gasteiger partial charge in [-0.3, -0.25) is 28.8 Å². The van der Waals surface area contributed by atoms with Crippen molar-refractivity contribution in [2.75, 3.05) is 14.2 Å². The summed E-state index contributed by atoms with van der Waals surface area (Å²) in [7, 11) is 2.30. The van der Waals surface area contributed by atoms with E-state index in [1.807, 2.05) is 0 Å². The molecule has 8 nitrogen and oxygen atoms in total. The average molecular weight is 573 g/mol. The van der Waals surface area contributed by atoms with Gasteiger partial charge in [0.05, 0.1) is 14.2 Å². The van der Waals surface area contributed by atoms with Crippen molar-refractivity contribution in [3.8, 4) is 0 Å². The number of ketones is 4. The van der Waals surface area contributed by atoms with Crippen LogP contribution >= 0.6 is 0 Å². The monoisotopic (exact) mass is 572 g/mol. The zero-order chi connectivity index (χ0) is 30.5. The molecule has 2 aliphatic rings. The van der Waals surface area contributed by atoms with Crippen molar-refractivity contribution >= 4 is 35.1 Å². The third kappa shape index (κ3) is 4.30. The zero-order valence-corrected chi connectivity index (χ0v) is 23.3. The van der Waals surface area contributed by atoms with Gasteiger partial charge in [0.25, 0.3) is 0 Å². The van der Waals surface area contributed by atoms with Crippen LogP contribution in [0.4, 0.5) is 0 Å². The van der Waals surface area contributed by atoms with E-state index < -0.39 is 17.4 Å². The molecular weight excluding hydrogens is 548 g/mol. The van der Waals surface area contributed by atoms with Crippen LogP contribution in [0.5, 0.6) is 0 Å². The first-order valence-corrected chi connectivity index (χ1v) is 13.5. The smallest absolute Gasteiger partial charge is 0.323 e. The number of hydrogen-bond acceptors (Lipinski definition) is 8. The number of fused-ring (bicyclic) bond motifs is 4. The van der Waals surface area contributed by atoms with Crippen LogP contribution < -0.4 is 0 Å². The maximum atomic E-state index is 13.4. The van der Waals surface area contributed by atoms with Crippen LogP contribution in [0.15, 0.2) is 84.9 Å². The van der Waals surface area contributed by atoms with Crippen molar-refractivity contribution in [1.29, 1.82) is 0 Å². The molecule has 4 aromatic carbocycles. The molecule has 0 N–H and O–H groups in total. The van der Waals surface area contributed by atoms with E-state index in [9.17, 15) is 28.8 Å². The van der Waals surface area contributed by atoms with Crippen molar-refractivity contribution in [1.82, 2.24) is 0 Å². The van der Waals surface area contributed by atoms with Crippen LogP contribution in [0.1, 0.15) is 74.8 Å². The van der Waals surface area contributed by atoms with Gasteiger partial charge in [0.2, 0.25) is 0 Å². The van der Waals surface area contributed by atoms with E-state index in [0.717, 1.165) is 14.2 Å². The molecule has 0 aromatic heterocycles. The van der Waals surface area contributed by atoms with Crippen molar-refractivity contribution in [2.45, 2.75) is 12.8 Å². The van der Waals surface area contributed by atoms with E-state index in [1.165, 1.54) is 24.3 Å². The number of esters is 2. The molecule has 0 saturated heterocycles. The summed E-state index contributed by atoms with van der Waals surface area (Å²) in [6.45, 7) is 0. The molecule has 2 aliphatic carbocycles. The van der Waals surface area contributed by atoms with Gasteiger partial charge in [-0.05, 0) is 36.1 Å². The van der Waals surface area contributed by atoms with Gasteiger partial charge in [0.15, 0.2) is 28.5 Å². The van der Waals surface area contributed by atoms with Gasteiger partial charge in [0.1, 0.15) is 0 Å². The summed E-state index contributed by atoms with van der Waals surface area (Å²) in [5.41, 5.74) is 0.913. The summed E-state index contributed by atoms with van der Waals surface area (Å²) < 4.78 is 10.2. The largest absolute Gasteiger partial charge is 0.468 e. The van der Waals surface area contributed by atoms with E-state index in [4.69, 9.17) is 9.47 Å². The fourth-order valence-corrected chi connectivity index (χ4v) is 6.04. The van der Waals surface area contributed by atoms with Gasteiger partial charge in [-0.1, -0.05) is 72.8 Å². The number of benzene rings is 4. The summed E-state index contributed by atoms with van der Waals surface area (Å²) in [5, 5.41) is 0. The minimum Gasteiger partial charge on any atom is -0.468 e. The predicted molar refractivity (Wildman–Crippen MR) is 153 cm³/mol. The number of hydrogen-bond donors (Lipinski definition) is 0. The molecule has 0 fully saturated rings. The lowest BCUT2D eigenvalue weighted by molar-refractivity contribution is -0.169. The summed E-state index contributed by atoms with van der Waals surface area (Å²) in [6.07, 6.45) is -0.453. The highest BCUT2D eigenvalue weighted by molar-refractivity contribution is 6.29. The van der Waals surface area contributed by atoms with E-state index in [0.29, 0.717) is 22.3 Å². The van der Waals surface area contributed by atoms with Gasteiger partial charge in [0, 0.05) is 44.5 Å². The predicted octanol–water partition coefficient (Wildman–Crippen LogP) is 4.36. The minimum absolute atomic E-state index is 0.168. The van der Waals surface area contributed by atoms with E-state index in [2.05, 4.69) is 0 Å². The molecule has 212 valence electrons. The van der Waals surface area contributed by atoms with Gasteiger partial charge >= 0.3 is 11.9 Å². The van der Waals surface area contributed by atoms with Crippen LogP contribution in [0.25, 0.3) is 0 Å². The Hall–Kier alpha value is -5.50. The molecule has 43 heavy (non-hydrogen) atoms. The second kappa shape index (κ2) is 10.4. The second-order valence-electron chi connectivity index (χ2n) is 10.6. The standard InChI is InChI=1S/C35H24O8/c1-42-33(40)35(34(41)43-2,17-19-11-13-25-27(15-19)31(38)23-9-5-3-7-21(23)29(25)36)18-20-12-14-26-28(16-20)32(39)24-10-6-4-8-22(24)30(26)37/h3-16H,17-18H2,1-2H3. The van der Waals surface area contributed by atoms with Gasteiger partial charge in [-0.15, -0.1) is 0 Å². The third-order valence-corrected chi connectivity index (χ3v) is 8.14. The minimum atomic E-state index is -1.91. The fraction of sp³-hybridized carbons (Fsp3) is 0.143. The lowest BCUT2D eigenvalue weighted by Crippen LogP contribution is -2.45. The molecule has 0 spiro atoms. The third-order valence-electron chi connectivity index (χ3n) is 8.14. The molecule has 0 heterocycles. The summed E-state index contributed by atoms with van der Waals surface area (Å²) in [6, 6.07) is 22.3. The Morgan fingerprint density at radius 3 is 1.12 bits per heavy atom. The van der Waals surface area contributed by atoms with Gasteiger partial charge in [-0.25, -0.2) is 0 Å². The molecule has 0 saturated carbocycles. The van der Waals surface area contributed by atoms with Gasteiger partial charge in [-0.2, -0.15) is 0 Å². The molecule has 0 amide bonds. The van der Waals surface area contributed by atoms with Crippen LogP contribution in [0.3, 0.4) is 0 Å². The highest BCUT2D eigenvalue weighted by atomic mass is 16.5. The summed E-state index contributed by atoms with van der Waals surface area (Å²) in [5.74, 6) is -3.03. The number of methoxy groups -OCH3 is 2. The SMILES string of the molecule is COC(=O)C(Cc1ccc2c(c1)C(=O)c1ccccc1C2=O)(Cc1ccc2c(c1)C(=O)c1ccccc1C2=O)C(=O)OC. The molecular formula is C35H24O8. The Morgan fingerprint density at radius 1 is 0.488 bits per heavy atom. The normalized spacial score (nSPS) is 13.4. The first kappa shape index (κ1) is 27.7. The quantitative estimate of drug-likeness (QED) is 0.213. The highest BCUT2D eigenvalue weighted by Gasteiger charge is 2.49. The lowest BCUT2D eigenvalue weighted by Gasteiger charge is -2.29. The van der Waals surface area contributed by atoms with Crippen molar-refractivity contribution in [2.24, 2.45) is 5.41 Å². The molecule has 0 aliphatic heterocycles. The highest BCUT2D eigenvalue weighted by Crippen LogP contribution is 2.36. The molecule has 8 heteroatoms. The summed E-state index contributed by atoms with van der Waals surface area (Å²) in [4.78, 5) is 79.7. The first-order chi connectivity index (χ1) is 20.7. The Bertz CT molecular complexity index is 1780. The van der Waals surface area contributed by atoms with Crippen molar-refractivity contribution < 1.29 is 38.2 Å². The first-order valence-electron chi connectivity index (χ1n) is 13.5. The number of ether oxygens (including phenoxy) is 2. The molecule has 6 rings (SSSR count). The van der Waals surface area contributed by atoms with Crippen LogP contribution in [0.2, 0.25) is 0 Å². The molecule has 0 radical (unpaired) electrons. The average Bonchev–Trinajstić information content (AvgIpc) is 3.04. The fourth-order valence-electron chi connectivity index (χ4n) is 6.04. The maximum Gasteiger partial charge on any atom is 0.323 e. The Kier molecular flexibility index (Phi) is 6.69. The van der Waals surface area contributed by atoms with E-state index >= 15 is 0 Å². The molecule has 0 bridgehead atoms. The van der Waals surface area contributed by atoms with Gasteiger partial charge < -0.3 is 9.47 Å². The van der Waals surface area contributed by atoms with E-state index in [-0.39, 0.29) is 69.4 Å². The molecule has 4 aromatic rings. The van der Waals surface area contributed by atoms with Crippen molar-refractivity contribution in [3.05, 3.63) is 141 Å². The van der Waals surface area contributed by atoms with Crippen LogP contribution in [-0.2, 0) is 31.9 Å². The van der Waals surface area contributed by atoms with E-state index in [1.54, 1.807) is 60.7 Å². The number of carbonyl (C=O) groups is 6. The lowest BCUT2D eigenvalue weighted by atomic mass is 9.74. The summed E-state index contributed by atoms with van der Waals surface area (Å²) >= 11 is 0. The van der Waals surface area contributed by atoms with Crippen LogP contribution in [0, 0.1) is 5.41 Å². The number of rotatable bonds is 6. The maximum absolute atomic E-state index is 13.4. The molecule has 0 unspecified atom stereocenters. The van der Waals surface area contributed by atoms with Crippen LogP contribution in [-0.4, -0.2) is 49.3 Å². The Balaban J connectivity index is 1.41. The Morgan fingerprint density at radius 2 is 0.791 bits per heavy atom. The van der Waals surface area contributed by atoms with Crippen molar-refractivity contribution in [3.63, 3.8) is 0 Å². The second-order valence-corrected chi connectivity index (χ2v) is 10.6. The zero-order valence-electron chi connectivity index (χ0n) is 23.3. The topological polar surface area (TPSA) is 121 Å².